The monoisotopic (exact) mass is 250 g/mol. The predicted molar refractivity (Wildman–Crippen MR) is 74.4 cm³/mol. The van der Waals surface area contributed by atoms with Crippen molar-refractivity contribution in [2.24, 2.45) is 0 Å². The Bertz CT molecular complexity index is 765. The van der Waals surface area contributed by atoms with Crippen LogP contribution in [0.25, 0.3) is 21.5 Å². The molecule has 0 heterocycles. The zero-order valence-electron chi connectivity index (χ0n) is 10.2. The summed E-state index contributed by atoms with van der Waals surface area (Å²) in [6.07, 6.45) is -1.25. The number of rotatable bonds is 2. The Morgan fingerprint density at radius 1 is 0.842 bits per heavy atom. The van der Waals surface area contributed by atoms with Crippen LogP contribution in [0.15, 0.2) is 54.6 Å². The third kappa shape index (κ3) is 2.10. The molecule has 0 bridgehead atoms. The molecule has 1 amide bonds. The van der Waals surface area contributed by atoms with Gasteiger partial charge in [-0.1, -0.05) is 54.6 Å². The van der Waals surface area contributed by atoms with Crippen LogP contribution in [-0.4, -0.2) is 6.09 Å². The fourth-order valence-electron chi connectivity index (χ4n) is 2.43. The Morgan fingerprint density at radius 2 is 1.63 bits per heavy atom. The Labute approximate surface area is 110 Å². The molecule has 19 heavy (non-hydrogen) atoms. The van der Waals surface area contributed by atoms with Gasteiger partial charge < -0.3 is 5.32 Å². The van der Waals surface area contributed by atoms with E-state index in [0.717, 1.165) is 16.3 Å². The van der Waals surface area contributed by atoms with Crippen LogP contribution >= 0.6 is 0 Å². The van der Waals surface area contributed by atoms with E-state index in [2.05, 4.69) is 29.6 Å². The molecule has 0 aliphatic carbocycles. The second-order valence-electron chi connectivity index (χ2n) is 4.44. The molecule has 0 unspecified atom stereocenters. The lowest BCUT2D eigenvalue weighted by atomic mass is 9.98. The van der Waals surface area contributed by atoms with Crippen LogP contribution in [0.1, 0.15) is 5.56 Å². The van der Waals surface area contributed by atoms with Crippen molar-refractivity contribution in [3.05, 3.63) is 60.2 Å². The highest BCUT2D eigenvalue weighted by Crippen LogP contribution is 2.27. The Hall–Kier alpha value is -2.55. The van der Waals surface area contributed by atoms with Gasteiger partial charge >= 0.3 is 6.09 Å². The zero-order valence-corrected chi connectivity index (χ0v) is 10.2. The Morgan fingerprint density at radius 3 is 2.47 bits per heavy atom. The first kappa shape index (κ1) is 11.5. The van der Waals surface area contributed by atoms with E-state index in [-0.39, 0.29) is 6.54 Å². The summed E-state index contributed by atoms with van der Waals surface area (Å²) < 4.78 is 0. The van der Waals surface area contributed by atoms with Gasteiger partial charge in [0.05, 0.1) is 0 Å². The predicted octanol–water partition coefficient (Wildman–Crippen LogP) is 3.63. The first-order valence-electron chi connectivity index (χ1n) is 6.10. The van der Waals surface area contributed by atoms with Gasteiger partial charge in [0.25, 0.3) is 0 Å². The number of hydrogen-bond donors (Lipinski definition) is 1. The molecular weight excluding hydrogens is 238 g/mol. The molecule has 3 aromatic rings. The standard InChI is InChI=1S/C16H12NO2/c18-16(19)17-10-12-5-3-7-15-13-6-2-1-4-11(13)8-9-14(12)15/h1-9,17H,10H2. The topological polar surface area (TPSA) is 49.0 Å². The lowest BCUT2D eigenvalue weighted by molar-refractivity contribution is 0.168. The van der Waals surface area contributed by atoms with E-state index in [4.69, 9.17) is 0 Å². The van der Waals surface area contributed by atoms with E-state index < -0.39 is 6.09 Å². The molecule has 1 N–H and O–H groups in total. The highest BCUT2D eigenvalue weighted by Gasteiger charge is 2.05. The number of fused-ring (bicyclic) bond motifs is 3. The minimum Gasteiger partial charge on any atom is -0.314 e. The fourth-order valence-corrected chi connectivity index (χ4v) is 2.43. The number of benzene rings is 3. The normalized spacial score (nSPS) is 10.7. The maximum Gasteiger partial charge on any atom is 0.450 e. The minimum absolute atomic E-state index is 0.262. The number of nitrogens with one attached hydrogen (secondary N) is 1. The van der Waals surface area contributed by atoms with Crippen molar-refractivity contribution in [1.29, 1.82) is 0 Å². The first-order chi connectivity index (χ1) is 9.25. The summed E-state index contributed by atoms with van der Waals surface area (Å²) in [6.45, 7) is 0.262. The van der Waals surface area contributed by atoms with E-state index in [0.29, 0.717) is 0 Å². The molecule has 3 nitrogen and oxygen atoms in total. The molecule has 93 valence electrons. The van der Waals surface area contributed by atoms with Gasteiger partial charge in [-0.15, -0.1) is 0 Å². The number of carbonyl (C=O) groups is 1. The maximum absolute atomic E-state index is 10.5. The van der Waals surface area contributed by atoms with Gasteiger partial charge in [0.15, 0.2) is 0 Å². The average molecular weight is 250 g/mol. The molecule has 0 aliphatic heterocycles. The SMILES string of the molecule is [O]C(=O)NCc1cccc2c1ccc1ccccc12. The Balaban J connectivity index is 2.20. The first-order valence-corrected chi connectivity index (χ1v) is 6.10. The van der Waals surface area contributed by atoms with Gasteiger partial charge in [0, 0.05) is 6.54 Å². The summed E-state index contributed by atoms with van der Waals surface area (Å²) in [5, 5.41) is 17.4. The zero-order chi connectivity index (χ0) is 13.2. The quantitative estimate of drug-likeness (QED) is 0.693. The van der Waals surface area contributed by atoms with Crippen molar-refractivity contribution in [2.75, 3.05) is 0 Å². The van der Waals surface area contributed by atoms with Crippen molar-refractivity contribution in [3.63, 3.8) is 0 Å². The van der Waals surface area contributed by atoms with E-state index in [1.807, 2.05) is 30.3 Å². The number of carbonyl (C=O) groups excluding carboxylic acids is 1. The van der Waals surface area contributed by atoms with Crippen LogP contribution in [0.3, 0.4) is 0 Å². The summed E-state index contributed by atoms with van der Waals surface area (Å²) >= 11 is 0. The molecule has 0 aromatic heterocycles. The molecule has 0 saturated carbocycles. The van der Waals surface area contributed by atoms with Crippen molar-refractivity contribution in [1.82, 2.24) is 5.32 Å². The molecule has 3 rings (SSSR count). The third-order valence-corrected chi connectivity index (χ3v) is 3.30. The molecule has 0 fully saturated rings. The Kier molecular flexibility index (Phi) is 2.80. The van der Waals surface area contributed by atoms with Crippen LogP contribution in [0, 0.1) is 0 Å². The van der Waals surface area contributed by atoms with E-state index in [1.165, 1.54) is 10.8 Å². The molecule has 3 aromatic carbocycles. The van der Waals surface area contributed by atoms with Gasteiger partial charge in [-0.25, -0.2) is 9.90 Å². The van der Waals surface area contributed by atoms with Crippen LogP contribution in [0.2, 0.25) is 0 Å². The largest absolute Gasteiger partial charge is 0.450 e. The van der Waals surface area contributed by atoms with Gasteiger partial charge in [-0.2, -0.15) is 0 Å². The van der Waals surface area contributed by atoms with Crippen molar-refractivity contribution < 1.29 is 9.90 Å². The van der Waals surface area contributed by atoms with E-state index in [1.54, 1.807) is 0 Å². The molecule has 0 atom stereocenters. The van der Waals surface area contributed by atoms with Crippen LogP contribution in [0.5, 0.6) is 0 Å². The summed E-state index contributed by atoms with van der Waals surface area (Å²) in [7, 11) is 0. The molecular formula is C16H12NO2. The second kappa shape index (κ2) is 4.61. The fraction of sp³-hybridized carbons (Fsp3) is 0.0625. The summed E-state index contributed by atoms with van der Waals surface area (Å²) in [4.78, 5) is 10.5. The summed E-state index contributed by atoms with van der Waals surface area (Å²) in [5.74, 6) is 0. The molecule has 0 aliphatic rings. The molecule has 3 heteroatoms. The molecule has 0 saturated heterocycles. The lowest BCUT2D eigenvalue weighted by Crippen LogP contribution is -2.18. The molecule has 0 spiro atoms. The maximum atomic E-state index is 10.5. The van der Waals surface area contributed by atoms with E-state index >= 15 is 0 Å². The van der Waals surface area contributed by atoms with E-state index in [9.17, 15) is 9.90 Å². The van der Waals surface area contributed by atoms with Gasteiger partial charge in [-0.3, -0.25) is 0 Å². The number of amides is 1. The second-order valence-corrected chi connectivity index (χ2v) is 4.44. The van der Waals surface area contributed by atoms with Gasteiger partial charge in [0.2, 0.25) is 0 Å². The van der Waals surface area contributed by atoms with Crippen LogP contribution in [-0.2, 0) is 11.7 Å². The summed E-state index contributed by atoms with van der Waals surface area (Å²) in [5.41, 5.74) is 0.951. The van der Waals surface area contributed by atoms with Crippen LogP contribution < -0.4 is 5.32 Å². The highest BCUT2D eigenvalue weighted by molar-refractivity contribution is 6.08. The molecule has 1 radical (unpaired) electrons. The summed E-state index contributed by atoms with van der Waals surface area (Å²) in [6, 6.07) is 18.2. The van der Waals surface area contributed by atoms with Crippen molar-refractivity contribution >= 4 is 27.6 Å². The van der Waals surface area contributed by atoms with Crippen LogP contribution in [0.4, 0.5) is 4.79 Å². The smallest absolute Gasteiger partial charge is 0.314 e. The average Bonchev–Trinajstić information content (AvgIpc) is 2.44. The number of hydrogen-bond acceptors (Lipinski definition) is 1. The van der Waals surface area contributed by atoms with Crippen molar-refractivity contribution in [2.45, 2.75) is 6.54 Å². The van der Waals surface area contributed by atoms with Gasteiger partial charge in [-0.05, 0) is 27.1 Å². The van der Waals surface area contributed by atoms with Crippen molar-refractivity contribution in [3.8, 4) is 0 Å². The lowest BCUT2D eigenvalue weighted by Gasteiger charge is -2.08. The van der Waals surface area contributed by atoms with Gasteiger partial charge in [0.1, 0.15) is 0 Å². The third-order valence-electron chi connectivity index (χ3n) is 3.30. The minimum atomic E-state index is -1.25. The highest BCUT2D eigenvalue weighted by atomic mass is 16.4.